The van der Waals surface area contributed by atoms with Crippen LogP contribution in [-0.4, -0.2) is 53.3 Å². The van der Waals surface area contributed by atoms with Gasteiger partial charge in [0, 0.05) is 24.5 Å². The zero-order chi connectivity index (χ0) is 21.3. The standard InChI is InChI=1S/C22H26FN3O4/c23-17-3-1-16(2-4-17)22(29)26-19-6-5-18(30-20(19)14-27)13-21(28)25-12-9-15-7-10-24-11-8-15/h1-4,7-8,10-11,18-20,27H,5-6,9,12-14H2,(H,25,28)(H,26,29)/t18-,19+,20-/m0/s1. The number of benzene rings is 1. The summed E-state index contributed by atoms with van der Waals surface area (Å²) in [5.41, 5.74) is 1.43. The first kappa shape index (κ1) is 21.9. The summed E-state index contributed by atoms with van der Waals surface area (Å²) < 4.78 is 18.9. The van der Waals surface area contributed by atoms with Gasteiger partial charge in [-0.05, 0) is 61.2 Å². The number of amides is 2. The minimum absolute atomic E-state index is 0.112. The first-order valence-corrected chi connectivity index (χ1v) is 10.0. The number of aromatic nitrogens is 1. The van der Waals surface area contributed by atoms with E-state index in [1.165, 1.54) is 24.3 Å². The van der Waals surface area contributed by atoms with Crippen molar-refractivity contribution in [3.05, 3.63) is 65.7 Å². The number of nitrogens with one attached hydrogen (secondary N) is 2. The van der Waals surface area contributed by atoms with Crippen LogP contribution >= 0.6 is 0 Å². The third kappa shape index (κ3) is 6.33. The van der Waals surface area contributed by atoms with Crippen molar-refractivity contribution in [3.8, 4) is 0 Å². The number of hydrogen-bond acceptors (Lipinski definition) is 5. The summed E-state index contributed by atoms with van der Waals surface area (Å²) in [6.45, 7) is 0.254. The first-order valence-electron chi connectivity index (χ1n) is 10.0. The fraction of sp³-hybridized carbons (Fsp3) is 0.409. The van der Waals surface area contributed by atoms with Crippen LogP contribution in [-0.2, 0) is 16.0 Å². The third-order valence-electron chi connectivity index (χ3n) is 5.12. The van der Waals surface area contributed by atoms with Crippen molar-refractivity contribution < 1.29 is 23.8 Å². The number of aliphatic hydroxyl groups is 1. The maximum Gasteiger partial charge on any atom is 0.251 e. The van der Waals surface area contributed by atoms with E-state index < -0.39 is 11.9 Å². The van der Waals surface area contributed by atoms with Crippen LogP contribution in [0.1, 0.15) is 35.2 Å². The van der Waals surface area contributed by atoms with E-state index in [0.29, 0.717) is 24.9 Å². The van der Waals surface area contributed by atoms with E-state index in [2.05, 4.69) is 15.6 Å². The first-order chi connectivity index (χ1) is 14.5. The second-order valence-corrected chi connectivity index (χ2v) is 7.30. The second kappa shape index (κ2) is 10.8. The highest BCUT2D eigenvalue weighted by Crippen LogP contribution is 2.22. The maximum atomic E-state index is 13.0. The number of aliphatic hydroxyl groups excluding tert-OH is 1. The number of nitrogens with zero attached hydrogens (tertiary/aromatic N) is 1. The number of hydrogen-bond donors (Lipinski definition) is 3. The summed E-state index contributed by atoms with van der Waals surface area (Å²) in [5, 5.41) is 15.4. The van der Waals surface area contributed by atoms with Crippen molar-refractivity contribution in [2.45, 2.75) is 43.9 Å². The monoisotopic (exact) mass is 415 g/mol. The molecule has 2 amide bonds. The minimum atomic E-state index is -0.599. The highest BCUT2D eigenvalue weighted by atomic mass is 19.1. The van der Waals surface area contributed by atoms with Crippen molar-refractivity contribution in [1.29, 1.82) is 0 Å². The molecule has 2 aromatic rings. The van der Waals surface area contributed by atoms with Gasteiger partial charge in [0.2, 0.25) is 5.91 Å². The molecule has 1 aromatic heterocycles. The molecule has 1 saturated heterocycles. The van der Waals surface area contributed by atoms with Gasteiger partial charge in [-0.1, -0.05) is 0 Å². The Morgan fingerprint density at radius 2 is 1.87 bits per heavy atom. The molecule has 0 bridgehead atoms. The van der Waals surface area contributed by atoms with Gasteiger partial charge in [0.1, 0.15) is 11.9 Å². The topological polar surface area (TPSA) is 101 Å². The molecule has 7 nitrogen and oxygen atoms in total. The highest BCUT2D eigenvalue weighted by Gasteiger charge is 2.33. The Hall–Kier alpha value is -2.84. The molecule has 3 N–H and O–H groups in total. The number of rotatable bonds is 8. The fourth-order valence-electron chi connectivity index (χ4n) is 3.47. The second-order valence-electron chi connectivity index (χ2n) is 7.30. The molecule has 0 unspecified atom stereocenters. The number of ether oxygens (including phenoxy) is 1. The van der Waals surface area contributed by atoms with E-state index in [0.717, 1.165) is 12.0 Å². The van der Waals surface area contributed by atoms with E-state index >= 15 is 0 Å². The van der Waals surface area contributed by atoms with E-state index in [9.17, 15) is 19.1 Å². The lowest BCUT2D eigenvalue weighted by Gasteiger charge is -2.36. The van der Waals surface area contributed by atoms with Gasteiger partial charge < -0.3 is 20.5 Å². The molecule has 1 aliphatic rings. The zero-order valence-corrected chi connectivity index (χ0v) is 16.6. The van der Waals surface area contributed by atoms with Gasteiger partial charge in [-0.2, -0.15) is 0 Å². The number of carbonyl (C=O) groups is 2. The SMILES string of the molecule is O=C(C[C@@H]1CC[C@@H](NC(=O)c2ccc(F)cc2)[C@H](CO)O1)NCCc1ccncc1. The molecular weight excluding hydrogens is 389 g/mol. The Balaban J connectivity index is 1.43. The Bertz CT molecular complexity index is 832. The molecular formula is C22H26FN3O4. The van der Waals surface area contributed by atoms with Crippen LogP contribution in [0.15, 0.2) is 48.8 Å². The largest absolute Gasteiger partial charge is 0.394 e. The van der Waals surface area contributed by atoms with E-state index in [-0.39, 0.29) is 37.0 Å². The number of halogens is 1. The molecule has 1 aliphatic heterocycles. The molecule has 2 heterocycles. The van der Waals surface area contributed by atoms with Crippen molar-refractivity contribution >= 4 is 11.8 Å². The fourth-order valence-corrected chi connectivity index (χ4v) is 3.47. The van der Waals surface area contributed by atoms with Gasteiger partial charge in [0.15, 0.2) is 0 Å². The quantitative estimate of drug-likeness (QED) is 0.608. The predicted octanol–water partition coefficient (Wildman–Crippen LogP) is 1.61. The zero-order valence-electron chi connectivity index (χ0n) is 16.6. The molecule has 160 valence electrons. The van der Waals surface area contributed by atoms with Crippen molar-refractivity contribution in [2.75, 3.05) is 13.2 Å². The van der Waals surface area contributed by atoms with Crippen molar-refractivity contribution in [3.63, 3.8) is 0 Å². The van der Waals surface area contributed by atoms with Crippen LogP contribution in [0, 0.1) is 5.82 Å². The summed E-state index contributed by atoms with van der Waals surface area (Å²) in [6.07, 6.45) is 4.60. The van der Waals surface area contributed by atoms with Gasteiger partial charge in [0.25, 0.3) is 5.91 Å². The van der Waals surface area contributed by atoms with Crippen LogP contribution < -0.4 is 10.6 Å². The van der Waals surface area contributed by atoms with Gasteiger partial charge in [-0.25, -0.2) is 4.39 Å². The van der Waals surface area contributed by atoms with Gasteiger partial charge in [-0.15, -0.1) is 0 Å². The van der Waals surface area contributed by atoms with Gasteiger partial charge >= 0.3 is 0 Å². The summed E-state index contributed by atoms with van der Waals surface area (Å²) in [7, 11) is 0. The normalized spacial score (nSPS) is 21.1. The summed E-state index contributed by atoms with van der Waals surface area (Å²) in [4.78, 5) is 28.5. The molecule has 0 radical (unpaired) electrons. The van der Waals surface area contributed by atoms with Gasteiger partial charge in [-0.3, -0.25) is 14.6 Å². The molecule has 0 aliphatic carbocycles. The van der Waals surface area contributed by atoms with Crippen molar-refractivity contribution in [2.24, 2.45) is 0 Å². The summed E-state index contributed by atoms with van der Waals surface area (Å²) in [6, 6.07) is 8.69. The summed E-state index contributed by atoms with van der Waals surface area (Å²) >= 11 is 0. The molecule has 3 rings (SSSR count). The Kier molecular flexibility index (Phi) is 7.87. The lowest BCUT2D eigenvalue weighted by Crippen LogP contribution is -2.51. The molecule has 1 aromatic carbocycles. The van der Waals surface area contributed by atoms with E-state index in [1.54, 1.807) is 12.4 Å². The lowest BCUT2D eigenvalue weighted by molar-refractivity contribution is -0.130. The Labute approximate surface area is 174 Å². The number of pyridine rings is 1. The average Bonchev–Trinajstić information content (AvgIpc) is 2.76. The summed E-state index contributed by atoms with van der Waals surface area (Å²) in [5.74, 6) is -0.878. The van der Waals surface area contributed by atoms with Crippen LogP contribution in [0.4, 0.5) is 4.39 Å². The molecule has 0 spiro atoms. The smallest absolute Gasteiger partial charge is 0.251 e. The van der Waals surface area contributed by atoms with E-state index in [4.69, 9.17) is 4.74 Å². The van der Waals surface area contributed by atoms with Crippen LogP contribution in [0.3, 0.4) is 0 Å². The van der Waals surface area contributed by atoms with E-state index in [1.807, 2.05) is 12.1 Å². The van der Waals surface area contributed by atoms with Crippen LogP contribution in [0.2, 0.25) is 0 Å². The predicted molar refractivity (Wildman–Crippen MR) is 108 cm³/mol. The van der Waals surface area contributed by atoms with Crippen LogP contribution in [0.5, 0.6) is 0 Å². The Morgan fingerprint density at radius 1 is 1.13 bits per heavy atom. The Morgan fingerprint density at radius 3 is 2.57 bits per heavy atom. The molecule has 3 atom stereocenters. The molecule has 8 heteroatoms. The molecule has 1 fully saturated rings. The third-order valence-corrected chi connectivity index (χ3v) is 5.12. The average molecular weight is 415 g/mol. The molecule has 30 heavy (non-hydrogen) atoms. The number of carbonyl (C=O) groups excluding carboxylic acids is 2. The van der Waals surface area contributed by atoms with Crippen LogP contribution in [0.25, 0.3) is 0 Å². The maximum absolute atomic E-state index is 13.0. The van der Waals surface area contributed by atoms with Crippen molar-refractivity contribution in [1.82, 2.24) is 15.6 Å². The highest BCUT2D eigenvalue weighted by molar-refractivity contribution is 5.94. The minimum Gasteiger partial charge on any atom is -0.394 e. The van der Waals surface area contributed by atoms with Gasteiger partial charge in [0.05, 0.1) is 25.2 Å². The lowest BCUT2D eigenvalue weighted by atomic mass is 9.96. The molecule has 0 saturated carbocycles.